The Morgan fingerprint density at radius 1 is 1.44 bits per heavy atom. The third-order valence-corrected chi connectivity index (χ3v) is 2.21. The molecule has 6 heteroatoms. The third kappa shape index (κ3) is 5.22. The highest BCUT2D eigenvalue weighted by Crippen LogP contribution is 2.01. The molecule has 0 amide bonds. The van der Waals surface area contributed by atoms with Crippen LogP contribution in [0.25, 0.3) is 0 Å². The summed E-state index contributed by atoms with van der Waals surface area (Å²) in [5.74, 6) is -0.389. The molecule has 18 heavy (non-hydrogen) atoms. The highest BCUT2D eigenvalue weighted by atomic mass is 16.5. The Hall–Kier alpha value is -1.50. The molecule has 1 rings (SSSR count). The molecule has 0 radical (unpaired) electrons. The summed E-state index contributed by atoms with van der Waals surface area (Å²) in [7, 11) is 1.34. The van der Waals surface area contributed by atoms with Crippen LogP contribution in [0.4, 0.5) is 0 Å². The second kappa shape index (κ2) is 8.57. The molecule has 0 spiro atoms. The number of aromatic nitrogens is 1. The third-order valence-electron chi connectivity index (χ3n) is 2.21. The van der Waals surface area contributed by atoms with Crippen molar-refractivity contribution < 1.29 is 19.4 Å². The number of nitrogens with one attached hydrogen (secondary N) is 1. The molecule has 100 valence electrons. The van der Waals surface area contributed by atoms with E-state index < -0.39 is 0 Å². The SMILES string of the molecule is COC(=O)c1ccc(CNCCOCCO)nc1. The highest BCUT2D eigenvalue weighted by molar-refractivity contribution is 5.88. The first kappa shape index (κ1) is 14.6. The Bertz CT molecular complexity index is 354. The van der Waals surface area contributed by atoms with E-state index in [1.54, 1.807) is 12.1 Å². The van der Waals surface area contributed by atoms with Crippen LogP contribution >= 0.6 is 0 Å². The highest BCUT2D eigenvalue weighted by Gasteiger charge is 2.04. The average Bonchev–Trinajstić information content (AvgIpc) is 2.42. The second-order valence-corrected chi connectivity index (χ2v) is 3.54. The predicted molar refractivity (Wildman–Crippen MR) is 65.2 cm³/mol. The van der Waals surface area contributed by atoms with Crippen molar-refractivity contribution in [3.8, 4) is 0 Å². The fourth-order valence-corrected chi connectivity index (χ4v) is 1.30. The Labute approximate surface area is 106 Å². The minimum atomic E-state index is -0.389. The first-order valence-electron chi connectivity index (χ1n) is 5.70. The van der Waals surface area contributed by atoms with Crippen LogP contribution in [0.15, 0.2) is 18.3 Å². The van der Waals surface area contributed by atoms with Crippen molar-refractivity contribution in [2.24, 2.45) is 0 Å². The number of methoxy groups -OCH3 is 1. The van der Waals surface area contributed by atoms with E-state index in [1.165, 1.54) is 13.3 Å². The maximum absolute atomic E-state index is 11.2. The molecule has 2 N–H and O–H groups in total. The van der Waals surface area contributed by atoms with E-state index in [2.05, 4.69) is 15.0 Å². The van der Waals surface area contributed by atoms with Gasteiger partial charge in [-0.1, -0.05) is 0 Å². The number of carbonyl (C=O) groups excluding carboxylic acids is 1. The molecule has 0 saturated heterocycles. The lowest BCUT2D eigenvalue weighted by Crippen LogP contribution is -2.20. The van der Waals surface area contributed by atoms with E-state index in [0.29, 0.717) is 31.9 Å². The Morgan fingerprint density at radius 3 is 2.89 bits per heavy atom. The summed E-state index contributed by atoms with van der Waals surface area (Å²) in [6.45, 7) is 2.22. The van der Waals surface area contributed by atoms with E-state index in [0.717, 1.165) is 5.69 Å². The minimum Gasteiger partial charge on any atom is -0.465 e. The summed E-state index contributed by atoms with van der Waals surface area (Å²) in [6.07, 6.45) is 1.49. The van der Waals surface area contributed by atoms with Gasteiger partial charge >= 0.3 is 5.97 Å². The van der Waals surface area contributed by atoms with Crippen molar-refractivity contribution in [2.75, 3.05) is 33.5 Å². The van der Waals surface area contributed by atoms with E-state index in [9.17, 15) is 4.79 Å². The van der Waals surface area contributed by atoms with Crippen molar-refractivity contribution in [3.63, 3.8) is 0 Å². The molecule has 1 aromatic heterocycles. The number of hydrogen-bond acceptors (Lipinski definition) is 6. The van der Waals surface area contributed by atoms with Crippen molar-refractivity contribution in [1.82, 2.24) is 10.3 Å². The van der Waals surface area contributed by atoms with Crippen LogP contribution in [-0.2, 0) is 16.0 Å². The molecule has 0 aliphatic carbocycles. The fraction of sp³-hybridized carbons (Fsp3) is 0.500. The van der Waals surface area contributed by atoms with Crippen LogP contribution in [0, 0.1) is 0 Å². The predicted octanol–water partition coefficient (Wildman–Crippen LogP) is -0.0333. The topological polar surface area (TPSA) is 80.7 Å². The maximum Gasteiger partial charge on any atom is 0.339 e. The number of pyridine rings is 1. The zero-order chi connectivity index (χ0) is 13.2. The number of aliphatic hydroxyl groups excluding tert-OH is 1. The van der Waals surface area contributed by atoms with Gasteiger partial charge in [0.25, 0.3) is 0 Å². The molecule has 1 heterocycles. The van der Waals surface area contributed by atoms with Crippen molar-refractivity contribution in [3.05, 3.63) is 29.6 Å². The summed E-state index contributed by atoms with van der Waals surface area (Å²) in [5, 5.41) is 11.6. The van der Waals surface area contributed by atoms with E-state index >= 15 is 0 Å². The fourth-order valence-electron chi connectivity index (χ4n) is 1.30. The molecule has 0 aromatic carbocycles. The maximum atomic E-state index is 11.2. The van der Waals surface area contributed by atoms with E-state index in [4.69, 9.17) is 9.84 Å². The molecule has 0 unspecified atom stereocenters. The Balaban J connectivity index is 2.25. The van der Waals surface area contributed by atoms with Gasteiger partial charge < -0.3 is 19.9 Å². The monoisotopic (exact) mass is 254 g/mol. The zero-order valence-corrected chi connectivity index (χ0v) is 10.4. The number of rotatable bonds is 8. The molecule has 0 aliphatic rings. The average molecular weight is 254 g/mol. The summed E-state index contributed by atoms with van der Waals surface area (Å²) in [4.78, 5) is 15.3. The Morgan fingerprint density at radius 2 is 2.28 bits per heavy atom. The molecular weight excluding hydrogens is 236 g/mol. The molecule has 1 aromatic rings. The molecular formula is C12H18N2O4. The van der Waals surface area contributed by atoms with Crippen LogP contribution < -0.4 is 5.32 Å². The number of esters is 1. The number of nitrogens with zero attached hydrogens (tertiary/aromatic N) is 1. The summed E-state index contributed by atoms with van der Waals surface area (Å²) < 4.78 is 9.67. The lowest BCUT2D eigenvalue weighted by molar-refractivity contribution is 0.0600. The molecule has 0 fully saturated rings. The van der Waals surface area contributed by atoms with Crippen molar-refractivity contribution in [2.45, 2.75) is 6.54 Å². The minimum absolute atomic E-state index is 0.0382. The van der Waals surface area contributed by atoms with Crippen molar-refractivity contribution in [1.29, 1.82) is 0 Å². The van der Waals surface area contributed by atoms with Gasteiger partial charge in [-0.2, -0.15) is 0 Å². The first-order chi connectivity index (χ1) is 8.77. The van der Waals surface area contributed by atoms with Crippen LogP contribution in [0.5, 0.6) is 0 Å². The smallest absolute Gasteiger partial charge is 0.339 e. The molecule has 0 aliphatic heterocycles. The number of carbonyl (C=O) groups is 1. The lowest BCUT2D eigenvalue weighted by Gasteiger charge is -2.05. The van der Waals surface area contributed by atoms with Crippen LogP contribution in [-0.4, -0.2) is 49.5 Å². The number of aliphatic hydroxyl groups is 1. The number of hydrogen-bond donors (Lipinski definition) is 2. The largest absolute Gasteiger partial charge is 0.465 e. The van der Waals surface area contributed by atoms with Gasteiger partial charge in [0.05, 0.1) is 38.2 Å². The van der Waals surface area contributed by atoms with Gasteiger partial charge in [0.1, 0.15) is 0 Å². The second-order valence-electron chi connectivity index (χ2n) is 3.54. The Kier molecular flexibility index (Phi) is 6.93. The van der Waals surface area contributed by atoms with Gasteiger partial charge in [-0.05, 0) is 12.1 Å². The summed E-state index contributed by atoms with van der Waals surface area (Å²) >= 11 is 0. The lowest BCUT2D eigenvalue weighted by atomic mass is 10.2. The van der Waals surface area contributed by atoms with Crippen LogP contribution in [0.3, 0.4) is 0 Å². The van der Waals surface area contributed by atoms with E-state index in [-0.39, 0.29) is 12.6 Å². The number of ether oxygens (including phenoxy) is 2. The molecule has 0 bridgehead atoms. The summed E-state index contributed by atoms with van der Waals surface area (Å²) in [5.41, 5.74) is 1.28. The molecule has 6 nitrogen and oxygen atoms in total. The normalized spacial score (nSPS) is 10.3. The van der Waals surface area contributed by atoms with Gasteiger partial charge in [0, 0.05) is 19.3 Å². The van der Waals surface area contributed by atoms with Crippen molar-refractivity contribution >= 4 is 5.97 Å². The molecule has 0 saturated carbocycles. The quantitative estimate of drug-likeness (QED) is 0.501. The summed E-state index contributed by atoms with van der Waals surface area (Å²) in [6, 6.07) is 3.45. The zero-order valence-electron chi connectivity index (χ0n) is 10.4. The van der Waals surface area contributed by atoms with Gasteiger partial charge in [-0.15, -0.1) is 0 Å². The van der Waals surface area contributed by atoms with E-state index in [1.807, 2.05) is 0 Å². The van der Waals surface area contributed by atoms with Crippen LogP contribution in [0.1, 0.15) is 16.1 Å². The molecule has 0 atom stereocenters. The van der Waals surface area contributed by atoms with Gasteiger partial charge in [0.2, 0.25) is 0 Å². The van der Waals surface area contributed by atoms with Gasteiger partial charge in [0.15, 0.2) is 0 Å². The first-order valence-corrected chi connectivity index (χ1v) is 5.70. The van der Waals surface area contributed by atoms with Crippen LogP contribution in [0.2, 0.25) is 0 Å². The van der Waals surface area contributed by atoms with Gasteiger partial charge in [-0.3, -0.25) is 4.98 Å². The standard InChI is InChI=1S/C12H18N2O4/c1-17-12(16)10-2-3-11(14-8-10)9-13-4-6-18-7-5-15/h2-3,8,13,15H,4-7,9H2,1H3. The van der Waals surface area contributed by atoms with Gasteiger partial charge in [-0.25, -0.2) is 4.79 Å².